The van der Waals surface area contributed by atoms with Crippen molar-refractivity contribution in [1.29, 1.82) is 0 Å². The van der Waals surface area contributed by atoms with Crippen LogP contribution in [-0.4, -0.2) is 51.4 Å². The fourth-order valence-electron chi connectivity index (χ4n) is 4.52. The highest BCUT2D eigenvalue weighted by atomic mass is 35.5. The molecule has 0 heterocycles. The monoisotopic (exact) mass is 647 g/mol. The number of methoxy groups -OCH3 is 1. The molecule has 3 aromatic carbocycles. The summed E-state index contributed by atoms with van der Waals surface area (Å²) in [7, 11) is -2.80. The third-order valence-corrected chi connectivity index (χ3v) is 9.41. The Labute approximate surface area is 265 Å². The minimum atomic E-state index is -4.24. The molecular formula is C32H39Cl2N3O5S. The molecule has 0 aliphatic carbocycles. The zero-order valence-electron chi connectivity index (χ0n) is 25.4. The molecule has 0 radical (unpaired) electrons. The number of nitrogens with zero attached hydrogens (tertiary/aromatic N) is 2. The van der Waals surface area contributed by atoms with Gasteiger partial charge in [-0.1, -0.05) is 73.8 Å². The third kappa shape index (κ3) is 8.65. The van der Waals surface area contributed by atoms with Crippen molar-refractivity contribution in [3.63, 3.8) is 0 Å². The molecule has 0 aromatic heterocycles. The first kappa shape index (κ1) is 34.2. The van der Waals surface area contributed by atoms with Gasteiger partial charge in [-0.3, -0.25) is 13.9 Å². The summed E-state index contributed by atoms with van der Waals surface area (Å²) in [6, 6.07) is 15.6. The molecule has 1 atom stereocenters. The number of aryl methyl sites for hydroxylation is 2. The van der Waals surface area contributed by atoms with E-state index in [9.17, 15) is 18.0 Å². The van der Waals surface area contributed by atoms with Gasteiger partial charge >= 0.3 is 0 Å². The number of benzene rings is 3. The van der Waals surface area contributed by atoms with Crippen molar-refractivity contribution in [2.75, 3.05) is 24.5 Å². The van der Waals surface area contributed by atoms with Crippen LogP contribution in [-0.2, 0) is 26.2 Å². The standard InChI is InChI=1S/C32H39Cl2N3O5S/c1-7-28(32(39)35-18-21(2)3)36(19-24-11-14-26(33)27(34)17-24)31(38)20-37(29-16-23(5)10-15-30(29)42-6)43(40,41)25-12-8-22(4)9-13-25/h8-17,21,28H,7,18-20H2,1-6H3,(H,35,39). The van der Waals surface area contributed by atoms with E-state index in [4.69, 9.17) is 27.9 Å². The zero-order chi connectivity index (χ0) is 31.9. The summed E-state index contributed by atoms with van der Waals surface area (Å²) in [6.07, 6.45) is 0.301. The van der Waals surface area contributed by atoms with Gasteiger partial charge in [0.1, 0.15) is 18.3 Å². The van der Waals surface area contributed by atoms with E-state index in [2.05, 4.69) is 5.32 Å². The Morgan fingerprint density at radius 3 is 2.16 bits per heavy atom. The number of halogens is 2. The molecule has 3 rings (SSSR count). The largest absolute Gasteiger partial charge is 0.495 e. The Morgan fingerprint density at radius 1 is 0.930 bits per heavy atom. The average Bonchev–Trinajstić information content (AvgIpc) is 2.96. The SMILES string of the molecule is CCC(C(=O)NCC(C)C)N(Cc1ccc(Cl)c(Cl)c1)C(=O)CN(c1cc(C)ccc1OC)S(=O)(=O)c1ccc(C)cc1. The highest BCUT2D eigenvalue weighted by molar-refractivity contribution is 7.92. The van der Waals surface area contributed by atoms with E-state index >= 15 is 0 Å². The molecule has 0 spiro atoms. The van der Waals surface area contributed by atoms with Crippen LogP contribution in [0, 0.1) is 19.8 Å². The Bertz CT molecular complexity index is 1550. The van der Waals surface area contributed by atoms with Crippen LogP contribution in [0.2, 0.25) is 10.0 Å². The number of hydrogen-bond donors (Lipinski definition) is 1. The summed E-state index contributed by atoms with van der Waals surface area (Å²) in [6.45, 7) is 9.29. The average molecular weight is 649 g/mol. The molecule has 1 N–H and O–H groups in total. The molecule has 0 saturated heterocycles. The van der Waals surface area contributed by atoms with E-state index < -0.39 is 28.5 Å². The first-order chi connectivity index (χ1) is 20.3. The predicted octanol–water partition coefficient (Wildman–Crippen LogP) is 6.39. The fourth-order valence-corrected chi connectivity index (χ4v) is 6.26. The maximum absolute atomic E-state index is 14.3. The molecule has 2 amide bonds. The van der Waals surface area contributed by atoms with Crippen molar-refractivity contribution in [3.05, 3.63) is 87.4 Å². The smallest absolute Gasteiger partial charge is 0.264 e. The lowest BCUT2D eigenvalue weighted by molar-refractivity contribution is -0.140. The summed E-state index contributed by atoms with van der Waals surface area (Å²) in [5.41, 5.74) is 2.52. The summed E-state index contributed by atoms with van der Waals surface area (Å²) >= 11 is 12.4. The maximum atomic E-state index is 14.3. The molecule has 3 aromatic rings. The summed E-state index contributed by atoms with van der Waals surface area (Å²) in [5.74, 6) is -0.418. The lowest BCUT2D eigenvalue weighted by Gasteiger charge is -2.33. The second-order valence-electron chi connectivity index (χ2n) is 10.8. The van der Waals surface area contributed by atoms with Gasteiger partial charge < -0.3 is 15.0 Å². The van der Waals surface area contributed by atoms with Crippen LogP contribution < -0.4 is 14.4 Å². The third-order valence-electron chi connectivity index (χ3n) is 6.90. The number of amides is 2. The van der Waals surface area contributed by atoms with E-state index in [0.717, 1.165) is 15.4 Å². The van der Waals surface area contributed by atoms with Crippen LogP contribution in [0.15, 0.2) is 65.6 Å². The van der Waals surface area contributed by atoms with Crippen molar-refractivity contribution in [2.45, 2.75) is 58.5 Å². The van der Waals surface area contributed by atoms with Crippen LogP contribution in [0.1, 0.15) is 43.9 Å². The van der Waals surface area contributed by atoms with E-state index in [1.807, 2.05) is 27.7 Å². The number of ether oxygens (including phenoxy) is 1. The molecule has 11 heteroatoms. The number of carbonyl (C=O) groups excluding carboxylic acids is 2. The lowest BCUT2D eigenvalue weighted by Crippen LogP contribution is -2.52. The Balaban J connectivity index is 2.13. The molecule has 0 aliphatic rings. The van der Waals surface area contributed by atoms with Gasteiger partial charge in [0.2, 0.25) is 11.8 Å². The Kier molecular flexibility index (Phi) is 11.9. The van der Waals surface area contributed by atoms with Crippen LogP contribution in [0.25, 0.3) is 0 Å². The molecule has 8 nitrogen and oxygen atoms in total. The van der Waals surface area contributed by atoms with Gasteiger partial charge in [0.25, 0.3) is 10.0 Å². The van der Waals surface area contributed by atoms with Crippen molar-refractivity contribution >= 4 is 50.7 Å². The molecule has 1 unspecified atom stereocenters. The lowest BCUT2D eigenvalue weighted by atomic mass is 10.1. The van der Waals surface area contributed by atoms with Crippen molar-refractivity contribution in [2.24, 2.45) is 5.92 Å². The summed E-state index contributed by atoms with van der Waals surface area (Å²) in [4.78, 5) is 29.1. The van der Waals surface area contributed by atoms with Crippen LogP contribution >= 0.6 is 23.2 Å². The highest BCUT2D eigenvalue weighted by Crippen LogP contribution is 2.34. The van der Waals surface area contributed by atoms with Crippen molar-refractivity contribution in [1.82, 2.24) is 10.2 Å². The molecule has 43 heavy (non-hydrogen) atoms. The van der Waals surface area contributed by atoms with Gasteiger partial charge in [-0.2, -0.15) is 0 Å². The normalized spacial score (nSPS) is 12.1. The van der Waals surface area contributed by atoms with Crippen LogP contribution in [0.5, 0.6) is 5.75 Å². The summed E-state index contributed by atoms with van der Waals surface area (Å²) in [5, 5.41) is 3.57. The molecular weight excluding hydrogens is 609 g/mol. The van der Waals surface area contributed by atoms with Gasteiger partial charge in [0.05, 0.1) is 27.7 Å². The second-order valence-corrected chi connectivity index (χ2v) is 13.5. The van der Waals surface area contributed by atoms with Crippen LogP contribution in [0.4, 0.5) is 5.69 Å². The number of rotatable bonds is 13. The van der Waals surface area contributed by atoms with Crippen LogP contribution in [0.3, 0.4) is 0 Å². The first-order valence-corrected chi connectivity index (χ1v) is 16.2. The van der Waals surface area contributed by atoms with Gasteiger partial charge in [0.15, 0.2) is 0 Å². The first-order valence-electron chi connectivity index (χ1n) is 14.0. The summed E-state index contributed by atoms with van der Waals surface area (Å²) < 4.78 is 34.9. The van der Waals surface area contributed by atoms with E-state index in [1.54, 1.807) is 55.5 Å². The minimum Gasteiger partial charge on any atom is -0.495 e. The molecule has 0 saturated carbocycles. The van der Waals surface area contributed by atoms with Crippen molar-refractivity contribution < 1.29 is 22.7 Å². The van der Waals surface area contributed by atoms with Gasteiger partial charge in [-0.15, -0.1) is 0 Å². The van der Waals surface area contributed by atoms with Gasteiger partial charge in [0, 0.05) is 13.1 Å². The van der Waals surface area contributed by atoms with E-state index in [0.29, 0.717) is 28.6 Å². The Hall–Kier alpha value is -3.27. The predicted molar refractivity (Wildman–Crippen MR) is 172 cm³/mol. The fraction of sp³-hybridized carbons (Fsp3) is 0.375. The number of carbonyl (C=O) groups is 2. The second kappa shape index (κ2) is 14.9. The number of anilines is 1. The maximum Gasteiger partial charge on any atom is 0.264 e. The van der Waals surface area contributed by atoms with E-state index in [1.165, 1.54) is 24.1 Å². The van der Waals surface area contributed by atoms with Crippen molar-refractivity contribution in [3.8, 4) is 5.75 Å². The molecule has 232 valence electrons. The topological polar surface area (TPSA) is 96.0 Å². The zero-order valence-corrected chi connectivity index (χ0v) is 27.7. The minimum absolute atomic E-state index is 0.00665. The quantitative estimate of drug-likeness (QED) is 0.232. The molecule has 0 aliphatic heterocycles. The number of nitrogens with one attached hydrogen (secondary N) is 1. The Morgan fingerprint density at radius 2 is 1.58 bits per heavy atom. The molecule has 0 fully saturated rings. The van der Waals surface area contributed by atoms with E-state index in [-0.39, 0.29) is 34.7 Å². The molecule has 0 bridgehead atoms. The highest BCUT2D eigenvalue weighted by Gasteiger charge is 2.35. The number of hydrogen-bond acceptors (Lipinski definition) is 5. The number of sulfonamides is 1. The van der Waals surface area contributed by atoms with Gasteiger partial charge in [-0.25, -0.2) is 8.42 Å². The van der Waals surface area contributed by atoms with Gasteiger partial charge in [-0.05, 0) is 73.7 Å².